The van der Waals surface area contributed by atoms with E-state index in [9.17, 15) is 0 Å². The summed E-state index contributed by atoms with van der Waals surface area (Å²) in [4.78, 5) is 4.51. The lowest BCUT2D eigenvalue weighted by Crippen LogP contribution is -2.30. The first-order valence-corrected chi connectivity index (χ1v) is 8.36. The Labute approximate surface area is 128 Å². The van der Waals surface area contributed by atoms with E-state index in [1.807, 2.05) is 12.3 Å². The second kappa shape index (κ2) is 6.57. The lowest BCUT2D eigenvalue weighted by molar-refractivity contribution is 0.233. The van der Waals surface area contributed by atoms with Crippen molar-refractivity contribution in [1.82, 2.24) is 10.3 Å². The van der Waals surface area contributed by atoms with Crippen molar-refractivity contribution in [3.63, 3.8) is 0 Å². The van der Waals surface area contributed by atoms with E-state index in [-0.39, 0.29) is 0 Å². The van der Waals surface area contributed by atoms with E-state index in [1.54, 1.807) is 0 Å². The third-order valence-electron chi connectivity index (χ3n) is 4.95. The Hall–Kier alpha value is -1.41. The first kappa shape index (κ1) is 14.5. The van der Waals surface area contributed by atoms with Crippen LogP contribution in [0.15, 0.2) is 36.5 Å². The number of fused-ring (bicyclic) bond motifs is 1. The van der Waals surface area contributed by atoms with Crippen molar-refractivity contribution in [1.29, 1.82) is 0 Å². The first-order valence-electron chi connectivity index (χ1n) is 8.36. The zero-order chi connectivity index (χ0) is 14.7. The van der Waals surface area contributed by atoms with E-state index in [0.717, 1.165) is 23.9 Å². The van der Waals surface area contributed by atoms with Crippen LogP contribution in [0.3, 0.4) is 0 Å². The van der Waals surface area contributed by atoms with E-state index < -0.39 is 0 Å². The number of nitrogens with one attached hydrogen (secondary N) is 1. The summed E-state index contributed by atoms with van der Waals surface area (Å²) in [6.45, 7) is 5.62. The van der Waals surface area contributed by atoms with Gasteiger partial charge in [-0.1, -0.05) is 44.9 Å². The lowest BCUT2D eigenvalue weighted by atomic mass is 9.77. The number of aromatic nitrogens is 1. The molecule has 0 amide bonds. The molecule has 1 atom stereocenters. The molecule has 2 aromatic rings. The Balaban J connectivity index is 1.87. The molecular weight excluding hydrogens is 256 g/mol. The molecule has 1 heterocycles. The fourth-order valence-electron chi connectivity index (χ4n) is 3.67. The maximum absolute atomic E-state index is 4.51. The molecule has 2 heteroatoms. The Morgan fingerprint density at radius 1 is 1.19 bits per heavy atom. The monoisotopic (exact) mass is 282 g/mol. The van der Waals surface area contributed by atoms with Gasteiger partial charge in [-0.3, -0.25) is 4.98 Å². The zero-order valence-corrected chi connectivity index (χ0v) is 13.2. The predicted molar refractivity (Wildman–Crippen MR) is 89.3 cm³/mol. The summed E-state index contributed by atoms with van der Waals surface area (Å²) in [5, 5.41) is 4.95. The van der Waals surface area contributed by atoms with Gasteiger partial charge >= 0.3 is 0 Å². The van der Waals surface area contributed by atoms with E-state index in [0.29, 0.717) is 6.04 Å². The maximum Gasteiger partial charge on any atom is 0.0705 e. The van der Waals surface area contributed by atoms with Crippen LogP contribution in [0.2, 0.25) is 0 Å². The van der Waals surface area contributed by atoms with Crippen LogP contribution in [0.25, 0.3) is 10.9 Å². The molecule has 1 aromatic carbocycles. The molecular formula is C19H26N2. The minimum absolute atomic E-state index is 0.480. The van der Waals surface area contributed by atoms with Gasteiger partial charge < -0.3 is 5.32 Å². The van der Waals surface area contributed by atoms with Gasteiger partial charge in [-0.2, -0.15) is 0 Å². The molecule has 2 nitrogen and oxygen atoms in total. The maximum atomic E-state index is 4.51. The van der Waals surface area contributed by atoms with Crippen molar-refractivity contribution in [3.05, 3.63) is 42.1 Å². The van der Waals surface area contributed by atoms with Crippen LogP contribution in [-0.2, 0) is 0 Å². The molecule has 0 radical (unpaired) electrons. The zero-order valence-electron chi connectivity index (χ0n) is 13.2. The van der Waals surface area contributed by atoms with Gasteiger partial charge in [0.1, 0.15) is 0 Å². The highest BCUT2D eigenvalue weighted by Gasteiger charge is 2.26. The molecule has 1 aliphatic carbocycles. The fraction of sp³-hybridized carbons (Fsp3) is 0.526. The van der Waals surface area contributed by atoms with Crippen molar-refractivity contribution < 1.29 is 0 Å². The Morgan fingerprint density at radius 2 is 2.00 bits per heavy atom. The molecule has 1 saturated carbocycles. The van der Waals surface area contributed by atoms with Gasteiger partial charge in [-0.05, 0) is 48.9 Å². The van der Waals surface area contributed by atoms with Gasteiger partial charge in [-0.25, -0.2) is 0 Å². The van der Waals surface area contributed by atoms with E-state index in [1.165, 1.54) is 36.6 Å². The average molecular weight is 282 g/mol. The smallest absolute Gasteiger partial charge is 0.0705 e. The largest absolute Gasteiger partial charge is 0.310 e. The minimum atomic E-state index is 0.480. The number of hydrogen-bond acceptors (Lipinski definition) is 2. The highest BCUT2D eigenvalue weighted by atomic mass is 14.9. The molecule has 1 aromatic heterocycles. The standard InChI is InChI=1S/C19H26N2/c1-3-20-19(16-8-6-14(2)7-9-16)17-11-10-15-5-4-12-21-18(15)13-17/h4-5,10-14,16,19-20H,3,6-9H2,1-2H3. The van der Waals surface area contributed by atoms with Gasteiger partial charge in [0.15, 0.2) is 0 Å². The average Bonchev–Trinajstić information content (AvgIpc) is 2.53. The van der Waals surface area contributed by atoms with Gasteiger partial charge in [0.25, 0.3) is 0 Å². The number of nitrogens with zero attached hydrogens (tertiary/aromatic N) is 1. The third-order valence-corrected chi connectivity index (χ3v) is 4.95. The summed E-state index contributed by atoms with van der Waals surface area (Å²) < 4.78 is 0. The molecule has 0 saturated heterocycles. The summed E-state index contributed by atoms with van der Waals surface area (Å²) in [5.74, 6) is 1.67. The summed E-state index contributed by atoms with van der Waals surface area (Å²) in [6.07, 6.45) is 7.33. The molecule has 112 valence electrons. The Morgan fingerprint density at radius 3 is 2.76 bits per heavy atom. The molecule has 21 heavy (non-hydrogen) atoms. The molecule has 1 unspecified atom stereocenters. The molecule has 0 bridgehead atoms. The molecule has 1 aliphatic rings. The predicted octanol–water partition coefficient (Wildman–Crippen LogP) is 4.71. The quantitative estimate of drug-likeness (QED) is 0.878. The van der Waals surface area contributed by atoms with Crippen molar-refractivity contribution >= 4 is 10.9 Å². The summed E-state index contributed by atoms with van der Waals surface area (Å²) >= 11 is 0. The van der Waals surface area contributed by atoms with E-state index in [4.69, 9.17) is 0 Å². The van der Waals surface area contributed by atoms with Crippen molar-refractivity contribution in [3.8, 4) is 0 Å². The third kappa shape index (κ3) is 3.26. The number of hydrogen-bond donors (Lipinski definition) is 1. The summed E-state index contributed by atoms with van der Waals surface area (Å²) in [5.41, 5.74) is 2.52. The molecule has 0 aliphatic heterocycles. The first-order chi connectivity index (χ1) is 10.3. The summed E-state index contributed by atoms with van der Waals surface area (Å²) in [7, 11) is 0. The topological polar surface area (TPSA) is 24.9 Å². The van der Waals surface area contributed by atoms with Crippen LogP contribution in [0.5, 0.6) is 0 Å². The number of benzene rings is 1. The van der Waals surface area contributed by atoms with Crippen LogP contribution in [0.4, 0.5) is 0 Å². The minimum Gasteiger partial charge on any atom is -0.310 e. The number of pyridine rings is 1. The molecule has 0 spiro atoms. The Kier molecular flexibility index (Phi) is 4.54. The van der Waals surface area contributed by atoms with E-state index >= 15 is 0 Å². The van der Waals surface area contributed by atoms with Gasteiger partial charge in [0, 0.05) is 17.6 Å². The lowest BCUT2D eigenvalue weighted by Gasteiger charge is -2.33. The number of rotatable bonds is 4. The molecule has 1 fully saturated rings. The molecule has 1 N–H and O–H groups in total. The second-order valence-electron chi connectivity index (χ2n) is 6.51. The fourth-order valence-corrected chi connectivity index (χ4v) is 3.67. The molecule has 3 rings (SSSR count). The van der Waals surface area contributed by atoms with E-state index in [2.05, 4.69) is 48.4 Å². The van der Waals surface area contributed by atoms with Crippen LogP contribution >= 0.6 is 0 Å². The van der Waals surface area contributed by atoms with Crippen molar-refractivity contribution in [2.45, 2.75) is 45.6 Å². The van der Waals surface area contributed by atoms with Crippen LogP contribution < -0.4 is 5.32 Å². The Bertz CT molecular complexity index is 585. The SMILES string of the molecule is CCNC(c1ccc2cccnc2c1)C1CCC(C)CC1. The highest BCUT2D eigenvalue weighted by molar-refractivity contribution is 5.79. The van der Waals surface area contributed by atoms with Crippen molar-refractivity contribution in [2.75, 3.05) is 6.54 Å². The van der Waals surface area contributed by atoms with Crippen LogP contribution in [0.1, 0.15) is 51.1 Å². The normalized spacial score (nSPS) is 24.1. The van der Waals surface area contributed by atoms with Crippen LogP contribution in [-0.4, -0.2) is 11.5 Å². The van der Waals surface area contributed by atoms with Crippen LogP contribution in [0, 0.1) is 11.8 Å². The van der Waals surface area contributed by atoms with Gasteiger partial charge in [0.2, 0.25) is 0 Å². The van der Waals surface area contributed by atoms with Crippen molar-refractivity contribution in [2.24, 2.45) is 11.8 Å². The van der Waals surface area contributed by atoms with Gasteiger partial charge in [-0.15, -0.1) is 0 Å². The summed E-state index contributed by atoms with van der Waals surface area (Å²) in [6, 6.07) is 11.4. The highest BCUT2D eigenvalue weighted by Crippen LogP contribution is 2.37. The second-order valence-corrected chi connectivity index (χ2v) is 6.51. The van der Waals surface area contributed by atoms with Gasteiger partial charge in [0.05, 0.1) is 5.52 Å².